The van der Waals surface area contributed by atoms with E-state index >= 15 is 0 Å². The monoisotopic (exact) mass is 295 g/mol. The summed E-state index contributed by atoms with van der Waals surface area (Å²) < 4.78 is 0. The maximum atomic E-state index is 12.7. The highest BCUT2D eigenvalue weighted by Gasteiger charge is 2.35. The molecule has 0 aromatic rings. The summed E-state index contributed by atoms with van der Waals surface area (Å²) in [6, 6.07) is 0.949. The fraction of sp³-hybridized carbons (Fsp3) is 0.941. The number of nitrogens with two attached hydrogens (primary N) is 1. The van der Waals surface area contributed by atoms with Crippen LogP contribution in [-0.4, -0.2) is 54.0 Å². The molecule has 21 heavy (non-hydrogen) atoms. The summed E-state index contributed by atoms with van der Waals surface area (Å²) in [5.74, 6) is 1.27. The number of fused-ring (bicyclic) bond motifs is 1. The summed E-state index contributed by atoms with van der Waals surface area (Å²) in [6.07, 6.45) is 5.58. The van der Waals surface area contributed by atoms with Gasteiger partial charge in [-0.05, 0) is 51.1 Å². The van der Waals surface area contributed by atoms with E-state index in [1.165, 1.54) is 25.8 Å². The summed E-state index contributed by atoms with van der Waals surface area (Å²) in [5, 5.41) is 0. The van der Waals surface area contributed by atoms with Crippen LogP contribution >= 0.6 is 0 Å². The third-order valence-electron chi connectivity index (χ3n) is 5.11. The van der Waals surface area contributed by atoms with Crippen molar-refractivity contribution in [2.75, 3.05) is 26.2 Å². The van der Waals surface area contributed by atoms with Crippen molar-refractivity contribution in [2.24, 2.45) is 17.6 Å². The molecule has 0 aromatic heterocycles. The van der Waals surface area contributed by atoms with Gasteiger partial charge in [-0.2, -0.15) is 0 Å². The molecular formula is C17H33N3O. The third kappa shape index (κ3) is 4.43. The van der Waals surface area contributed by atoms with Crippen LogP contribution in [-0.2, 0) is 4.79 Å². The Morgan fingerprint density at radius 2 is 2.05 bits per heavy atom. The number of piperazine rings is 1. The number of carbonyl (C=O) groups is 1. The molecule has 0 spiro atoms. The standard InChI is InChI=1S/C17H33N3O/c1-13(2)8-15(10-18)9-17(21)20-12-16-6-4-5-7-19(16)11-14(20)3/h13-16H,4-12,18H2,1-3H3/t14?,15-,16?/m0/s1. The Labute approximate surface area is 130 Å². The molecule has 2 heterocycles. The highest BCUT2D eigenvalue weighted by atomic mass is 16.2. The maximum Gasteiger partial charge on any atom is 0.223 e. The number of piperidine rings is 1. The molecule has 2 unspecified atom stereocenters. The van der Waals surface area contributed by atoms with Gasteiger partial charge in [0.05, 0.1) is 0 Å². The average Bonchev–Trinajstić information content (AvgIpc) is 2.45. The van der Waals surface area contributed by atoms with Crippen LogP contribution in [0.2, 0.25) is 0 Å². The minimum Gasteiger partial charge on any atom is -0.337 e. The van der Waals surface area contributed by atoms with Crippen LogP contribution in [0, 0.1) is 11.8 Å². The predicted molar refractivity (Wildman–Crippen MR) is 87.0 cm³/mol. The Morgan fingerprint density at radius 3 is 2.71 bits per heavy atom. The Morgan fingerprint density at radius 1 is 1.29 bits per heavy atom. The van der Waals surface area contributed by atoms with Crippen LogP contribution in [0.4, 0.5) is 0 Å². The van der Waals surface area contributed by atoms with Crippen LogP contribution in [0.25, 0.3) is 0 Å². The van der Waals surface area contributed by atoms with Crippen LogP contribution in [0.1, 0.15) is 52.9 Å². The second-order valence-corrected chi connectivity index (χ2v) is 7.48. The van der Waals surface area contributed by atoms with Crippen molar-refractivity contribution >= 4 is 5.91 Å². The minimum atomic E-state index is 0.323. The van der Waals surface area contributed by atoms with Crippen LogP contribution < -0.4 is 5.73 Å². The lowest BCUT2D eigenvalue weighted by Gasteiger charge is -2.47. The molecule has 0 aliphatic carbocycles. The van der Waals surface area contributed by atoms with Gasteiger partial charge >= 0.3 is 0 Å². The summed E-state index contributed by atoms with van der Waals surface area (Å²) in [5.41, 5.74) is 5.86. The van der Waals surface area contributed by atoms with Crippen molar-refractivity contribution in [3.63, 3.8) is 0 Å². The zero-order valence-electron chi connectivity index (χ0n) is 14.1. The van der Waals surface area contributed by atoms with Crippen LogP contribution in [0.3, 0.4) is 0 Å². The van der Waals surface area contributed by atoms with E-state index in [1.54, 1.807) is 0 Å². The summed E-state index contributed by atoms with van der Waals surface area (Å²) in [6.45, 7) is 10.4. The molecular weight excluding hydrogens is 262 g/mol. The van der Waals surface area contributed by atoms with E-state index in [4.69, 9.17) is 5.73 Å². The first kappa shape index (κ1) is 16.8. The van der Waals surface area contributed by atoms with E-state index in [-0.39, 0.29) is 0 Å². The smallest absolute Gasteiger partial charge is 0.223 e. The molecule has 2 fully saturated rings. The largest absolute Gasteiger partial charge is 0.337 e. The topological polar surface area (TPSA) is 49.6 Å². The number of rotatable bonds is 5. The van der Waals surface area contributed by atoms with Gasteiger partial charge < -0.3 is 10.6 Å². The number of carbonyl (C=O) groups excluding carboxylic acids is 1. The SMILES string of the molecule is CC(C)C[C@H](CN)CC(=O)N1CC2CCCCN2CC1C. The summed E-state index contributed by atoms with van der Waals surface area (Å²) >= 11 is 0. The normalized spacial score (nSPS) is 28.5. The Balaban J connectivity index is 1.91. The first-order chi connectivity index (χ1) is 10.0. The fourth-order valence-corrected chi connectivity index (χ4v) is 3.99. The lowest BCUT2D eigenvalue weighted by atomic mass is 9.92. The highest BCUT2D eigenvalue weighted by Crippen LogP contribution is 2.25. The number of amides is 1. The van der Waals surface area contributed by atoms with Crippen molar-refractivity contribution < 1.29 is 4.79 Å². The van der Waals surface area contributed by atoms with Crippen molar-refractivity contribution in [2.45, 2.75) is 65.0 Å². The van der Waals surface area contributed by atoms with Crippen molar-refractivity contribution in [3.05, 3.63) is 0 Å². The first-order valence-electron chi connectivity index (χ1n) is 8.74. The van der Waals surface area contributed by atoms with Gasteiger partial charge in [-0.15, -0.1) is 0 Å². The molecule has 3 atom stereocenters. The van der Waals surface area contributed by atoms with Gasteiger partial charge in [0, 0.05) is 31.6 Å². The molecule has 2 aliphatic heterocycles. The minimum absolute atomic E-state index is 0.323. The highest BCUT2D eigenvalue weighted by molar-refractivity contribution is 5.77. The Hall–Kier alpha value is -0.610. The van der Waals surface area contributed by atoms with Crippen LogP contribution in [0.15, 0.2) is 0 Å². The molecule has 2 aliphatic rings. The molecule has 0 aromatic carbocycles. The number of hydrogen-bond donors (Lipinski definition) is 1. The molecule has 0 bridgehead atoms. The zero-order valence-corrected chi connectivity index (χ0v) is 14.1. The molecule has 0 radical (unpaired) electrons. The quantitative estimate of drug-likeness (QED) is 0.845. The van der Waals surface area contributed by atoms with E-state index < -0.39 is 0 Å². The fourth-order valence-electron chi connectivity index (χ4n) is 3.99. The van der Waals surface area contributed by atoms with E-state index in [1.807, 2.05) is 0 Å². The van der Waals surface area contributed by atoms with Gasteiger partial charge in [-0.3, -0.25) is 9.69 Å². The molecule has 1 amide bonds. The second-order valence-electron chi connectivity index (χ2n) is 7.48. The summed E-state index contributed by atoms with van der Waals surface area (Å²) in [4.78, 5) is 17.4. The molecule has 0 saturated carbocycles. The third-order valence-corrected chi connectivity index (χ3v) is 5.11. The summed E-state index contributed by atoms with van der Waals surface area (Å²) in [7, 11) is 0. The van der Waals surface area contributed by atoms with Gasteiger partial charge in [-0.1, -0.05) is 20.3 Å². The predicted octanol–water partition coefficient (Wildman–Crippen LogP) is 2.08. The van der Waals surface area contributed by atoms with E-state index in [0.29, 0.717) is 42.8 Å². The number of hydrogen-bond acceptors (Lipinski definition) is 3. The van der Waals surface area contributed by atoms with Crippen molar-refractivity contribution in [3.8, 4) is 0 Å². The van der Waals surface area contributed by atoms with Gasteiger partial charge in [0.1, 0.15) is 0 Å². The lowest BCUT2D eigenvalue weighted by molar-refractivity contribution is -0.139. The van der Waals surface area contributed by atoms with Gasteiger partial charge in [-0.25, -0.2) is 0 Å². The lowest BCUT2D eigenvalue weighted by Crippen LogP contribution is -2.60. The van der Waals surface area contributed by atoms with Gasteiger partial charge in [0.2, 0.25) is 5.91 Å². The molecule has 4 heteroatoms. The molecule has 2 rings (SSSR count). The van der Waals surface area contributed by atoms with Gasteiger partial charge in [0.15, 0.2) is 0 Å². The Kier molecular flexibility index (Phi) is 6.06. The number of nitrogens with zero attached hydrogens (tertiary/aromatic N) is 2. The molecule has 2 N–H and O–H groups in total. The van der Waals surface area contributed by atoms with E-state index in [9.17, 15) is 4.79 Å². The Bertz CT molecular complexity index is 345. The van der Waals surface area contributed by atoms with Crippen LogP contribution in [0.5, 0.6) is 0 Å². The van der Waals surface area contributed by atoms with E-state index in [2.05, 4.69) is 30.6 Å². The molecule has 2 saturated heterocycles. The van der Waals surface area contributed by atoms with Gasteiger partial charge in [0.25, 0.3) is 0 Å². The first-order valence-corrected chi connectivity index (χ1v) is 8.74. The average molecular weight is 295 g/mol. The second kappa shape index (κ2) is 7.59. The molecule has 4 nitrogen and oxygen atoms in total. The maximum absolute atomic E-state index is 12.7. The van der Waals surface area contributed by atoms with E-state index in [0.717, 1.165) is 19.5 Å². The van der Waals surface area contributed by atoms with Crippen molar-refractivity contribution in [1.29, 1.82) is 0 Å². The molecule has 122 valence electrons. The zero-order chi connectivity index (χ0) is 15.4. The van der Waals surface area contributed by atoms with Crippen molar-refractivity contribution in [1.82, 2.24) is 9.80 Å².